The Labute approximate surface area is 184 Å². The number of nitrogens with one attached hydrogen (secondary N) is 1. The monoisotopic (exact) mass is 453 g/mol. The van der Waals surface area contributed by atoms with Crippen LogP contribution >= 0.6 is 0 Å². The molecule has 10 heteroatoms. The van der Waals surface area contributed by atoms with E-state index in [2.05, 4.69) is 20.2 Å². The molecule has 0 atom stereocenters. The zero-order valence-corrected chi connectivity index (χ0v) is 18.6. The largest absolute Gasteiger partial charge is 0.380 e. The van der Waals surface area contributed by atoms with E-state index in [1.54, 1.807) is 31.2 Å². The van der Waals surface area contributed by atoms with Crippen LogP contribution in [0.4, 0.5) is 5.69 Å². The minimum absolute atomic E-state index is 0.0545. The first-order chi connectivity index (χ1) is 15.4. The summed E-state index contributed by atoms with van der Waals surface area (Å²) >= 11 is 0. The Hall–Kier alpha value is -3.24. The fourth-order valence-corrected chi connectivity index (χ4v) is 5.67. The first-order valence-corrected chi connectivity index (χ1v) is 11.9. The molecule has 0 unspecified atom stereocenters. The number of rotatable bonds is 3. The zero-order valence-electron chi connectivity index (χ0n) is 17.8. The lowest BCUT2D eigenvalue weighted by Gasteiger charge is -2.22. The van der Waals surface area contributed by atoms with Crippen LogP contribution < -0.4 is 10.5 Å². The third-order valence-corrected chi connectivity index (χ3v) is 7.61. The second-order valence-corrected chi connectivity index (χ2v) is 9.87. The van der Waals surface area contributed by atoms with E-state index in [1.807, 2.05) is 19.1 Å². The van der Waals surface area contributed by atoms with E-state index >= 15 is 0 Å². The lowest BCUT2D eigenvalue weighted by Crippen LogP contribution is -2.26. The Balaban J connectivity index is 1.70. The van der Waals surface area contributed by atoms with Crippen LogP contribution in [0.2, 0.25) is 0 Å². The Bertz CT molecular complexity index is 1500. The van der Waals surface area contributed by atoms with Gasteiger partial charge in [-0.25, -0.2) is 8.42 Å². The van der Waals surface area contributed by atoms with E-state index in [0.29, 0.717) is 23.1 Å². The lowest BCUT2D eigenvalue weighted by molar-refractivity contribution is 0.152. The highest BCUT2D eigenvalue weighted by molar-refractivity contribution is 7.91. The van der Waals surface area contributed by atoms with E-state index in [9.17, 15) is 13.2 Å². The molecule has 32 heavy (non-hydrogen) atoms. The number of aromatic amines is 1. The third kappa shape index (κ3) is 3.35. The summed E-state index contributed by atoms with van der Waals surface area (Å²) in [5, 5.41) is 8.23. The number of aromatic nitrogens is 4. The maximum atomic E-state index is 13.4. The van der Waals surface area contributed by atoms with Gasteiger partial charge in [-0.05, 0) is 50.1 Å². The molecule has 1 N–H and O–H groups in total. The van der Waals surface area contributed by atoms with Crippen molar-refractivity contribution in [2.45, 2.75) is 30.2 Å². The van der Waals surface area contributed by atoms with Crippen LogP contribution in [-0.4, -0.2) is 54.5 Å². The first-order valence-electron chi connectivity index (χ1n) is 10.4. The van der Waals surface area contributed by atoms with Crippen LogP contribution in [-0.2, 0) is 14.6 Å². The molecule has 1 aliphatic rings. The average molecular weight is 454 g/mol. The zero-order chi connectivity index (χ0) is 22.5. The Morgan fingerprint density at radius 3 is 2.72 bits per heavy atom. The number of fused-ring (bicyclic) bond motifs is 3. The minimum atomic E-state index is -3.98. The van der Waals surface area contributed by atoms with Gasteiger partial charge in [-0.2, -0.15) is 4.52 Å². The van der Waals surface area contributed by atoms with Gasteiger partial charge in [-0.15, -0.1) is 5.10 Å². The molecule has 4 aromatic rings. The molecule has 5 rings (SSSR count). The number of H-pyrrole nitrogens is 1. The topological polar surface area (TPSA) is 110 Å². The molecule has 9 nitrogen and oxygen atoms in total. The molecule has 0 amide bonds. The van der Waals surface area contributed by atoms with E-state index < -0.39 is 15.4 Å². The Morgan fingerprint density at radius 2 is 1.91 bits per heavy atom. The Kier molecular flexibility index (Phi) is 4.98. The van der Waals surface area contributed by atoms with Crippen molar-refractivity contribution < 1.29 is 13.2 Å². The van der Waals surface area contributed by atoms with Crippen molar-refractivity contribution >= 4 is 32.1 Å². The summed E-state index contributed by atoms with van der Waals surface area (Å²) in [6.07, 6.45) is 0.907. The van der Waals surface area contributed by atoms with E-state index in [4.69, 9.17) is 4.74 Å². The number of ether oxygens (including phenoxy) is 1. The number of hydrogen-bond donors (Lipinski definition) is 1. The highest BCUT2D eigenvalue weighted by atomic mass is 32.2. The molecule has 1 aliphatic heterocycles. The number of sulfone groups is 1. The molecular formula is C22H23N5O4S. The molecule has 0 spiro atoms. The average Bonchev–Trinajstić information content (AvgIpc) is 3.00. The van der Waals surface area contributed by atoms with E-state index in [-0.39, 0.29) is 15.6 Å². The summed E-state index contributed by atoms with van der Waals surface area (Å²) < 4.78 is 33.7. The van der Waals surface area contributed by atoms with E-state index in [0.717, 1.165) is 37.4 Å². The summed E-state index contributed by atoms with van der Waals surface area (Å²) in [4.78, 5) is 17.8. The standard InChI is InChI=1S/C22H23N5O4S/c1-14-4-7-19(15(2)12-14)32(29,30)22-20-23-21(28)17-6-5-16(13-18(17)27(20)25-24-22)26-8-3-10-31-11-9-26/h4-7,12-13H,3,8-11H2,1-2H3,(H,23,28). The van der Waals surface area contributed by atoms with Crippen LogP contribution in [0.1, 0.15) is 17.5 Å². The molecule has 0 radical (unpaired) electrons. The maximum Gasteiger partial charge on any atom is 0.259 e. The van der Waals surface area contributed by atoms with Crippen molar-refractivity contribution in [3.8, 4) is 0 Å². The molecule has 0 bridgehead atoms. The van der Waals surface area contributed by atoms with Crippen molar-refractivity contribution in [1.82, 2.24) is 19.8 Å². The summed E-state index contributed by atoms with van der Waals surface area (Å²) in [6.45, 7) is 6.56. The van der Waals surface area contributed by atoms with Crippen molar-refractivity contribution in [3.63, 3.8) is 0 Å². The van der Waals surface area contributed by atoms with Gasteiger partial charge < -0.3 is 14.6 Å². The molecule has 2 aromatic heterocycles. The smallest absolute Gasteiger partial charge is 0.259 e. The van der Waals surface area contributed by atoms with Gasteiger partial charge in [0.05, 0.1) is 22.4 Å². The van der Waals surface area contributed by atoms with Crippen molar-refractivity contribution in [1.29, 1.82) is 0 Å². The second kappa shape index (κ2) is 7.72. The highest BCUT2D eigenvalue weighted by Gasteiger charge is 2.28. The van der Waals surface area contributed by atoms with Crippen LogP contribution in [0, 0.1) is 13.8 Å². The van der Waals surface area contributed by atoms with Gasteiger partial charge in [0.15, 0.2) is 5.65 Å². The summed E-state index contributed by atoms with van der Waals surface area (Å²) in [7, 11) is -3.98. The van der Waals surface area contributed by atoms with Crippen LogP contribution in [0.3, 0.4) is 0 Å². The molecule has 0 aliphatic carbocycles. The van der Waals surface area contributed by atoms with Crippen LogP contribution in [0.15, 0.2) is 51.1 Å². The van der Waals surface area contributed by atoms with Crippen LogP contribution in [0.25, 0.3) is 16.6 Å². The number of hydrogen-bond acceptors (Lipinski definition) is 7. The van der Waals surface area contributed by atoms with Gasteiger partial charge in [0.1, 0.15) is 0 Å². The number of benzene rings is 2. The van der Waals surface area contributed by atoms with Gasteiger partial charge in [-0.3, -0.25) is 4.79 Å². The number of anilines is 1. The molecule has 1 saturated heterocycles. The third-order valence-electron chi connectivity index (χ3n) is 5.79. The van der Waals surface area contributed by atoms with E-state index in [1.165, 1.54) is 4.52 Å². The maximum absolute atomic E-state index is 13.4. The number of nitrogens with zero attached hydrogens (tertiary/aromatic N) is 4. The van der Waals surface area contributed by atoms with Crippen molar-refractivity contribution in [2.24, 2.45) is 0 Å². The summed E-state index contributed by atoms with van der Waals surface area (Å²) in [6, 6.07) is 10.6. The van der Waals surface area contributed by atoms with Crippen molar-refractivity contribution in [3.05, 3.63) is 57.9 Å². The molecule has 0 saturated carbocycles. The molecule has 1 fully saturated rings. The van der Waals surface area contributed by atoms with Gasteiger partial charge in [0, 0.05) is 25.4 Å². The SMILES string of the molecule is Cc1ccc(S(=O)(=O)c2nnn3c2[nH]c(=O)c2ccc(N4CCCOCC4)cc23)c(C)c1. The normalized spacial score (nSPS) is 15.4. The van der Waals surface area contributed by atoms with Gasteiger partial charge >= 0.3 is 0 Å². The molecule has 3 heterocycles. The molecule has 166 valence electrons. The predicted molar refractivity (Wildman–Crippen MR) is 120 cm³/mol. The van der Waals surface area contributed by atoms with Gasteiger partial charge in [-0.1, -0.05) is 22.9 Å². The van der Waals surface area contributed by atoms with Gasteiger partial charge in [0.25, 0.3) is 5.56 Å². The fourth-order valence-electron chi connectivity index (χ4n) is 4.19. The minimum Gasteiger partial charge on any atom is -0.380 e. The van der Waals surface area contributed by atoms with Crippen LogP contribution in [0.5, 0.6) is 0 Å². The quantitative estimate of drug-likeness (QED) is 0.507. The second-order valence-electron chi connectivity index (χ2n) is 8.04. The first kappa shape index (κ1) is 20.7. The molecular weight excluding hydrogens is 430 g/mol. The summed E-state index contributed by atoms with van der Waals surface area (Å²) in [5.74, 6) is 0. The number of aryl methyl sites for hydroxylation is 2. The lowest BCUT2D eigenvalue weighted by atomic mass is 10.2. The predicted octanol–water partition coefficient (Wildman–Crippen LogP) is 2.25. The Morgan fingerprint density at radius 1 is 1.06 bits per heavy atom. The highest BCUT2D eigenvalue weighted by Crippen LogP contribution is 2.27. The summed E-state index contributed by atoms with van der Waals surface area (Å²) in [5.41, 5.74) is 2.65. The van der Waals surface area contributed by atoms with Gasteiger partial charge in [0.2, 0.25) is 14.9 Å². The van der Waals surface area contributed by atoms with Crippen molar-refractivity contribution in [2.75, 3.05) is 31.2 Å². The molecule has 2 aromatic carbocycles. The fraction of sp³-hybridized carbons (Fsp3) is 0.318.